The van der Waals surface area contributed by atoms with Gasteiger partial charge in [0, 0.05) is 16.0 Å². The van der Waals surface area contributed by atoms with Crippen molar-refractivity contribution in [2.75, 3.05) is 5.32 Å². The van der Waals surface area contributed by atoms with E-state index in [0.717, 1.165) is 38.0 Å². The lowest BCUT2D eigenvalue weighted by Crippen LogP contribution is -1.93. The van der Waals surface area contributed by atoms with Crippen LogP contribution in [0, 0.1) is 13.8 Å². The SMILES string of the molecule is Br.Cc1ccc(Nc2nc(-c3c(C)nc4ccc(Cl)cn34)cs2)c(Br)c1. The molecule has 0 amide bonds. The molecule has 0 aliphatic heterocycles. The Kier molecular flexibility index (Phi) is 5.72. The topological polar surface area (TPSA) is 42.2 Å². The molecule has 8 heteroatoms. The molecule has 0 saturated carbocycles. The Balaban J connectivity index is 0.00000196. The average molecular weight is 515 g/mol. The molecule has 0 fully saturated rings. The third-order valence-corrected chi connectivity index (χ3v) is 5.51. The van der Waals surface area contributed by atoms with Crippen LogP contribution in [0.3, 0.4) is 0 Å². The minimum Gasteiger partial charge on any atom is -0.331 e. The van der Waals surface area contributed by atoms with E-state index in [4.69, 9.17) is 16.6 Å². The molecule has 0 aliphatic rings. The monoisotopic (exact) mass is 512 g/mol. The Morgan fingerprint density at radius 3 is 2.73 bits per heavy atom. The highest BCUT2D eigenvalue weighted by atomic mass is 79.9. The molecule has 26 heavy (non-hydrogen) atoms. The van der Waals surface area contributed by atoms with Crippen molar-refractivity contribution in [3.05, 3.63) is 62.7 Å². The van der Waals surface area contributed by atoms with E-state index in [9.17, 15) is 0 Å². The largest absolute Gasteiger partial charge is 0.331 e. The van der Waals surface area contributed by atoms with Crippen LogP contribution < -0.4 is 5.32 Å². The van der Waals surface area contributed by atoms with Crippen molar-refractivity contribution in [1.29, 1.82) is 0 Å². The highest BCUT2D eigenvalue weighted by Crippen LogP contribution is 2.32. The van der Waals surface area contributed by atoms with Crippen LogP contribution in [-0.2, 0) is 0 Å². The van der Waals surface area contributed by atoms with E-state index in [0.29, 0.717) is 5.02 Å². The lowest BCUT2D eigenvalue weighted by Gasteiger charge is -2.06. The summed E-state index contributed by atoms with van der Waals surface area (Å²) in [6.07, 6.45) is 1.87. The number of hydrogen-bond acceptors (Lipinski definition) is 4. The molecule has 0 unspecified atom stereocenters. The molecule has 134 valence electrons. The lowest BCUT2D eigenvalue weighted by atomic mass is 10.2. The van der Waals surface area contributed by atoms with Crippen molar-refractivity contribution in [3.8, 4) is 11.4 Å². The zero-order valence-electron chi connectivity index (χ0n) is 14.0. The van der Waals surface area contributed by atoms with Crippen molar-refractivity contribution < 1.29 is 0 Å². The summed E-state index contributed by atoms with van der Waals surface area (Å²) in [6, 6.07) is 9.94. The highest BCUT2D eigenvalue weighted by Gasteiger charge is 2.15. The molecule has 4 aromatic rings. The van der Waals surface area contributed by atoms with Crippen molar-refractivity contribution in [2.45, 2.75) is 13.8 Å². The quantitative estimate of drug-likeness (QED) is 0.327. The summed E-state index contributed by atoms with van der Waals surface area (Å²) in [4.78, 5) is 9.32. The summed E-state index contributed by atoms with van der Waals surface area (Å²) >= 11 is 11.3. The minimum absolute atomic E-state index is 0. The Morgan fingerprint density at radius 2 is 1.96 bits per heavy atom. The number of aromatic nitrogens is 3. The fraction of sp³-hybridized carbons (Fsp3) is 0.111. The van der Waals surface area contributed by atoms with Crippen molar-refractivity contribution in [3.63, 3.8) is 0 Å². The summed E-state index contributed by atoms with van der Waals surface area (Å²) in [6.45, 7) is 4.05. The molecule has 0 atom stereocenters. The fourth-order valence-corrected chi connectivity index (χ4v) is 4.18. The van der Waals surface area contributed by atoms with Crippen LogP contribution in [0.1, 0.15) is 11.3 Å². The maximum absolute atomic E-state index is 6.15. The number of anilines is 2. The van der Waals surface area contributed by atoms with E-state index in [1.165, 1.54) is 5.56 Å². The second kappa shape index (κ2) is 7.68. The molecule has 1 N–H and O–H groups in total. The number of imidazole rings is 1. The third kappa shape index (κ3) is 3.67. The van der Waals surface area contributed by atoms with Gasteiger partial charge in [-0.1, -0.05) is 17.7 Å². The van der Waals surface area contributed by atoms with Gasteiger partial charge in [0.25, 0.3) is 0 Å². The van der Waals surface area contributed by atoms with Crippen LogP contribution in [0.25, 0.3) is 17.0 Å². The van der Waals surface area contributed by atoms with Gasteiger partial charge in [0.15, 0.2) is 5.13 Å². The number of hydrogen-bond donors (Lipinski definition) is 1. The number of halogens is 3. The third-order valence-electron chi connectivity index (χ3n) is 3.87. The molecule has 1 aromatic carbocycles. The molecule has 0 bridgehead atoms. The molecular weight excluding hydrogens is 500 g/mol. The lowest BCUT2D eigenvalue weighted by molar-refractivity contribution is 1.17. The number of rotatable bonds is 3. The van der Waals surface area contributed by atoms with E-state index >= 15 is 0 Å². The van der Waals surface area contributed by atoms with E-state index in [1.54, 1.807) is 11.3 Å². The number of nitrogens with one attached hydrogen (secondary N) is 1. The van der Waals surface area contributed by atoms with Crippen molar-refractivity contribution >= 4 is 72.3 Å². The van der Waals surface area contributed by atoms with Gasteiger partial charge in [0.2, 0.25) is 0 Å². The summed E-state index contributed by atoms with van der Waals surface area (Å²) in [5.74, 6) is 0. The van der Waals surface area contributed by atoms with Gasteiger partial charge in [-0.25, -0.2) is 9.97 Å². The second-order valence-electron chi connectivity index (χ2n) is 5.77. The van der Waals surface area contributed by atoms with Crippen LogP contribution >= 0.6 is 55.8 Å². The molecule has 0 aliphatic carbocycles. The van der Waals surface area contributed by atoms with E-state index in [2.05, 4.69) is 45.3 Å². The molecule has 0 radical (unpaired) electrons. The Labute approximate surface area is 179 Å². The van der Waals surface area contributed by atoms with Gasteiger partial charge < -0.3 is 5.32 Å². The highest BCUT2D eigenvalue weighted by molar-refractivity contribution is 9.10. The van der Waals surface area contributed by atoms with Gasteiger partial charge in [0.05, 0.1) is 22.1 Å². The van der Waals surface area contributed by atoms with Gasteiger partial charge >= 0.3 is 0 Å². The number of thiazole rings is 1. The maximum atomic E-state index is 6.15. The second-order valence-corrected chi connectivity index (χ2v) is 7.92. The fourth-order valence-electron chi connectivity index (χ4n) is 2.72. The Hall–Kier alpha value is -1.41. The van der Waals surface area contributed by atoms with E-state index < -0.39 is 0 Å². The minimum atomic E-state index is 0. The Bertz CT molecular complexity index is 1090. The van der Waals surface area contributed by atoms with Crippen LogP contribution in [0.5, 0.6) is 0 Å². The van der Waals surface area contributed by atoms with Crippen molar-refractivity contribution in [2.24, 2.45) is 0 Å². The van der Waals surface area contributed by atoms with Crippen molar-refractivity contribution in [1.82, 2.24) is 14.4 Å². The summed E-state index contributed by atoms with van der Waals surface area (Å²) < 4.78 is 3.00. The molecule has 3 aromatic heterocycles. The van der Waals surface area contributed by atoms with Gasteiger partial charge in [-0.2, -0.15) is 0 Å². The van der Waals surface area contributed by atoms with E-state index in [1.807, 2.05) is 41.1 Å². The number of benzene rings is 1. The molecular formula is C18H15Br2ClN4S. The van der Waals surface area contributed by atoms with Gasteiger partial charge in [-0.3, -0.25) is 4.40 Å². The smallest absolute Gasteiger partial charge is 0.187 e. The number of pyridine rings is 1. The molecule has 4 nitrogen and oxygen atoms in total. The first-order chi connectivity index (χ1) is 12.0. The first-order valence-corrected chi connectivity index (χ1v) is 9.69. The molecule has 0 saturated heterocycles. The van der Waals surface area contributed by atoms with Gasteiger partial charge in [-0.15, -0.1) is 28.3 Å². The van der Waals surface area contributed by atoms with E-state index in [-0.39, 0.29) is 17.0 Å². The first kappa shape index (κ1) is 19.4. The standard InChI is InChI=1S/C18H14BrClN4S.BrH/c1-10-3-5-14(13(19)7-10)22-18-23-15(9-25-18)17-11(2)21-16-6-4-12(20)8-24(16)17;/h3-9H,1-2H3,(H,22,23);1H. The molecule has 3 heterocycles. The number of aryl methyl sites for hydroxylation is 2. The first-order valence-electron chi connectivity index (χ1n) is 7.64. The zero-order valence-corrected chi connectivity index (χ0v) is 18.8. The summed E-state index contributed by atoms with van der Waals surface area (Å²) in [5, 5.41) is 6.89. The average Bonchev–Trinajstić information content (AvgIpc) is 3.13. The van der Waals surface area contributed by atoms with Crippen LogP contribution in [0.2, 0.25) is 5.02 Å². The Morgan fingerprint density at radius 1 is 1.15 bits per heavy atom. The van der Waals surface area contributed by atoms with Crippen LogP contribution in [0.4, 0.5) is 10.8 Å². The molecule has 0 spiro atoms. The van der Waals surface area contributed by atoms with Gasteiger partial charge in [-0.05, 0) is 59.6 Å². The van der Waals surface area contributed by atoms with Crippen LogP contribution in [-0.4, -0.2) is 14.4 Å². The summed E-state index contributed by atoms with van der Waals surface area (Å²) in [5.41, 5.74) is 5.82. The number of nitrogens with zero attached hydrogens (tertiary/aromatic N) is 3. The zero-order chi connectivity index (χ0) is 17.6. The predicted octanol–water partition coefficient (Wildman–Crippen LogP) is 6.81. The number of fused-ring (bicyclic) bond motifs is 1. The normalized spacial score (nSPS) is 10.8. The predicted molar refractivity (Wildman–Crippen MR) is 119 cm³/mol. The maximum Gasteiger partial charge on any atom is 0.187 e. The summed E-state index contributed by atoms with van der Waals surface area (Å²) in [7, 11) is 0. The van der Waals surface area contributed by atoms with Crippen LogP contribution in [0.15, 0.2) is 46.4 Å². The molecule has 4 rings (SSSR count). The van der Waals surface area contributed by atoms with Gasteiger partial charge in [0.1, 0.15) is 11.3 Å².